The van der Waals surface area contributed by atoms with Crippen LogP contribution in [0.25, 0.3) is 10.6 Å². The second-order valence-corrected chi connectivity index (χ2v) is 8.46. The highest BCUT2D eigenvalue weighted by molar-refractivity contribution is 7.16. The first kappa shape index (κ1) is 21.0. The summed E-state index contributed by atoms with van der Waals surface area (Å²) in [6, 6.07) is 11.1. The smallest absolute Gasteiger partial charge is 0.255 e. The number of thiophene rings is 1. The average Bonchev–Trinajstić information content (AvgIpc) is 3.36. The molecule has 2 amide bonds. The van der Waals surface area contributed by atoms with Gasteiger partial charge in [0, 0.05) is 16.8 Å². The molecule has 1 aromatic carbocycles. The molecule has 0 aliphatic heterocycles. The minimum Gasteiger partial charge on any atom is -0.493 e. The average molecular weight is 430 g/mol. The van der Waals surface area contributed by atoms with E-state index in [1.165, 1.54) is 4.88 Å². The van der Waals surface area contributed by atoms with Crippen molar-refractivity contribution < 1.29 is 14.3 Å². The number of nitrogens with one attached hydrogen (secondary N) is 2. The van der Waals surface area contributed by atoms with Gasteiger partial charge in [0.25, 0.3) is 5.91 Å². The molecule has 0 unspecified atom stereocenters. The lowest BCUT2D eigenvalue weighted by Crippen LogP contribution is -2.37. The molecule has 0 fully saturated rings. The third kappa shape index (κ3) is 5.88. The third-order valence-electron chi connectivity index (χ3n) is 4.07. The van der Waals surface area contributed by atoms with Gasteiger partial charge in [0.2, 0.25) is 5.91 Å². The molecule has 0 aliphatic rings. The summed E-state index contributed by atoms with van der Waals surface area (Å²) in [6.45, 7) is 4.76. The molecule has 6 nitrogen and oxygen atoms in total. The number of para-hydroxylation sites is 1. The molecule has 0 atom stereocenters. The van der Waals surface area contributed by atoms with E-state index in [-0.39, 0.29) is 18.4 Å². The number of thiazole rings is 1. The number of aromatic nitrogens is 1. The summed E-state index contributed by atoms with van der Waals surface area (Å²) in [6.07, 6.45) is 0.737. The summed E-state index contributed by atoms with van der Waals surface area (Å²) < 4.78 is 5.45. The van der Waals surface area contributed by atoms with Crippen LogP contribution in [0, 0.1) is 6.92 Å². The normalized spacial score (nSPS) is 10.6. The van der Waals surface area contributed by atoms with Gasteiger partial charge in [-0.25, -0.2) is 4.98 Å². The lowest BCUT2D eigenvalue weighted by Gasteiger charge is -2.10. The zero-order valence-electron chi connectivity index (χ0n) is 16.4. The molecular weight excluding hydrogens is 406 g/mol. The van der Waals surface area contributed by atoms with Crippen molar-refractivity contribution >= 4 is 34.5 Å². The second kappa shape index (κ2) is 10.2. The minimum absolute atomic E-state index is 0.0763. The Morgan fingerprint density at radius 2 is 1.97 bits per heavy atom. The summed E-state index contributed by atoms with van der Waals surface area (Å²) in [5.41, 5.74) is 1.42. The zero-order chi connectivity index (χ0) is 20.6. The zero-order valence-corrected chi connectivity index (χ0v) is 18.0. The van der Waals surface area contributed by atoms with Crippen molar-refractivity contribution in [1.29, 1.82) is 0 Å². The van der Waals surface area contributed by atoms with Crippen molar-refractivity contribution in [1.82, 2.24) is 15.6 Å². The molecule has 8 heteroatoms. The number of carbonyl (C=O) groups is 2. The Hall–Kier alpha value is -2.71. The van der Waals surface area contributed by atoms with Gasteiger partial charge in [0.1, 0.15) is 5.75 Å². The monoisotopic (exact) mass is 429 g/mol. The molecule has 0 radical (unpaired) electrons. The lowest BCUT2D eigenvalue weighted by atomic mass is 10.2. The van der Waals surface area contributed by atoms with E-state index < -0.39 is 0 Å². The van der Waals surface area contributed by atoms with Gasteiger partial charge in [-0.15, -0.1) is 22.7 Å². The summed E-state index contributed by atoms with van der Waals surface area (Å²) in [4.78, 5) is 31.2. The molecular formula is C21H23N3O3S2. The second-order valence-electron chi connectivity index (χ2n) is 6.23. The van der Waals surface area contributed by atoms with Crippen molar-refractivity contribution in [2.75, 3.05) is 19.7 Å². The minimum atomic E-state index is -0.328. The van der Waals surface area contributed by atoms with Crippen LogP contribution in [0.2, 0.25) is 0 Å². The van der Waals surface area contributed by atoms with Crippen LogP contribution >= 0.6 is 22.7 Å². The maximum atomic E-state index is 12.3. The Bertz CT molecular complexity index is 981. The van der Waals surface area contributed by atoms with Crippen LogP contribution in [0.5, 0.6) is 5.75 Å². The van der Waals surface area contributed by atoms with E-state index in [0.29, 0.717) is 24.5 Å². The molecule has 29 heavy (non-hydrogen) atoms. The van der Waals surface area contributed by atoms with Crippen molar-refractivity contribution in [2.24, 2.45) is 0 Å². The number of rotatable bonds is 9. The Kier molecular flexibility index (Phi) is 7.37. The topological polar surface area (TPSA) is 80.3 Å². The van der Waals surface area contributed by atoms with Gasteiger partial charge in [-0.2, -0.15) is 0 Å². The standard InChI is InChI=1S/C21H23N3O3S2/c1-3-27-18-7-5-4-6-16(18)21(26)23-12-20(25)22-11-10-15-8-9-19(29-15)17-13-28-14(2)24-17/h4-9,13H,3,10-12H2,1-2H3,(H,22,25)(H,23,26). The summed E-state index contributed by atoms with van der Waals surface area (Å²) in [5.74, 6) is -0.0403. The fraction of sp³-hybridized carbons (Fsp3) is 0.286. The highest BCUT2D eigenvalue weighted by atomic mass is 32.1. The SMILES string of the molecule is CCOc1ccccc1C(=O)NCC(=O)NCCc1ccc(-c2csc(C)n2)s1. The summed E-state index contributed by atoms with van der Waals surface area (Å²) in [5, 5.41) is 8.58. The Morgan fingerprint density at radius 3 is 2.72 bits per heavy atom. The van der Waals surface area contributed by atoms with E-state index in [4.69, 9.17) is 4.74 Å². The Labute approximate surface area is 178 Å². The van der Waals surface area contributed by atoms with Crippen LogP contribution in [0.15, 0.2) is 41.8 Å². The molecule has 0 aliphatic carbocycles. The van der Waals surface area contributed by atoms with Crippen molar-refractivity contribution in [3.05, 3.63) is 57.2 Å². The quantitative estimate of drug-likeness (QED) is 0.544. The van der Waals surface area contributed by atoms with Crippen LogP contribution in [0.4, 0.5) is 0 Å². The van der Waals surface area contributed by atoms with E-state index in [0.717, 1.165) is 22.0 Å². The Morgan fingerprint density at radius 1 is 1.14 bits per heavy atom. The van der Waals surface area contributed by atoms with Crippen molar-refractivity contribution in [3.63, 3.8) is 0 Å². The van der Waals surface area contributed by atoms with Gasteiger partial charge >= 0.3 is 0 Å². The van der Waals surface area contributed by atoms with Crippen molar-refractivity contribution in [2.45, 2.75) is 20.3 Å². The largest absolute Gasteiger partial charge is 0.493 e. The lowest BCUT2D eigenvalue weighted by molar-refractivity contribution is -0.120. The van der Waals surface area contributed by atoms with Gasteiger partial charge in [-0.3, -0.25) is 9.59 Å². The molecule has 2 heterocycles. The van der Waals surface area contributed by atoms with Crippen LogP contribution in [-0.4, -0.2) is 36.5 Å². The maximum absolute atomic E-state index is 12.3. The molecule has 0 bridgehead atoms. The summed E-state index contributed by atoms with van der Waals surface area (Å²) >= 11 is 3.32. The van der Waals surface area contributed by atoms with Gasteiger partial charge in [-0.05, 0) is 44.5 Å². The van der Waals surface area contributed by atoms with Gasteiger partial charge in [0.15, 0.2) is 0 Å². The predicted molar refractivity (Wildman–Crippen MR) is 117 cm³/mol. The number of aryl methyl sites for hydroxylation is 1. The molecule has 0 saturated carbocycles. The predicted octanol–water partition coefficient (Wildman–Crippen LogP) is 3.67. The molecule has 152 valence electrons. The molecule has 2 N–H and O–H groups in total. The van der Waals surface area contributed by atoms with Crippen LogP contribution in [0.3, 0.4) is 0 Å². The molecule has 3 rings (SSSR count). The maximum Gasteiger partial charge on any atom is 0.255 e. The fourth-order valence-electron chi connectivity index (χ4n) is 2.71. The molecule has 0 spiro atoms. The van der Waals surface area contributed by atoms with Crippen LogP contribution < -0.4 is 15.4 Å². The van der Waals surface area contributed by atoms with Gasteiger partial charge in [0.05, 0.1) is 34.3 Å². The number of benzene rings is 1. The van der Waals surface area contributed by atoms with Crippen LogP contribution in [-0.2, 0) is 11.2 Å². The van der Waals surface area contributed by atoms with Crippen molar-refractivity contribution in [3.8, 4) is 16.3 Å². The van der Waals surface area contributed by atoms with E-state index in [1.807, 2.05) is 13.8 Å². The highest BCUT2D eigenvalue weighted by Crippen LogP contribution is 2.29. The number of ether oxygens (including phenoxy) is 1. The molecule has 3 aromatic rings. The van der Waals surface area contributed by atoms with E-state index in [9.17, 15) is 9.59 Å². The van der Waals surface area contributed by atoms with E-state index in [2.05, 4.69) is 33.1 Å². The first-order valence-corrected chi connectivity index (χ1v) is 11.0. The Balaban J connectivity index is 1.43. The highest BCUT2D eigenvalue weighted by Gasteiger charge is 2.13. The number of hydrogen-bond acceptors (Lipinski definition) is 6. The first-order valence-electron chi connectivity index (χ1n) is 9.34. The van der Waals surface area contributed by atoms with Gasteiger partial charge in [-0.1, -0.05) is 12.1 Å². The summed E-state index contributed by atoms with van der Waals surface area (Å²) in [7, 11) is 0. The van der Waals surface area contributed by atoms with Gasteiger partial charge < -0.3 is 15.4 Å². The number of hydrogen-bond donors (Lipinski definition) is 2. The number of carbonyl (C=O) groups excluding carboxylic acids is 2. The third-order valence-corrected chi connectivity index (χ3v) is 6.01. The molecule has 2 aromatic heterocycles. The fourth-order valence-corrected chi connectivity index (χ4v) is 4.36. The number of amides is 2. The van der Waals surface area contributed by atoms with E-state index in [1.54, 1.807) is 46.9 Å². The van der Waals surface area contributed by atoms with Crippen LogP contribution in [0.1, 0.15) is 27.2 Å². The molecule has 0 saturated heterocycles. The van der Waals surface area contributed by atoms with E-state index >= 15 is 0 Å². The number of nitrogens with zero attached hydrogens (tertiary/aromatic N) is 1. The first-order chi connectivity index (χ1) is 14.1.